The lowest BCUT2D eigenvalue weighted by molar-refractivity contribution is -0.659. The summed E-state index contributed by atoms with van der Waals surface area (Å²) in [5.74, 6) is 1.12. The summed E-state index contributed by atoms with van der Waals surface area (Å²) in [4.78, 5) is 0. The molecule has 0 aliphatic heterocycles. The highest BCUT2D eigenvalue weighted by Gasteiger charge is 2.30. The van der Waals surface area contributed by atoms with Crippen LogP contribution in [0.3, 0.4) is 0 Å². The van der Waals surface area contributed by atoms with E-state index >= 15 is 0 Å². The van der Waals surface area contributed by atoms with Crippen molar-refractivity contribution in [2.75, 3.05) is 0 Å². The Morgan fingerprint density at radius 3 is 1.18 bits per heavy atom. The van der Waals surface area contributed by atoms with Gasteiger partial charge in [-0.15, -0.1) is 0 Å². The number of hydrogen-bond donors (Lipinski definition) is 0. The molecule has 260 valence electrons. The van der Waals surface area contributed by atoms with Gasteiger partial charge in [-0.3, -0.25) is 0 Å². The van der Waals surface area contributed by atoms with Gasteiger partial charge in [0.15, 0.2) is 0 Å². The molecule has 1 heterocycles. The molecule has 55 heavy (non-hydrogen) atoms. The summed E-state index contributed by atoms with van der Waals surface area (Å²) in [5, 5.41) is 0. The minimum atomic E-state index is 1.12. The minimum absolute atomic E-state index is 1.12. The molecule has 0 bridgehead atoms. The number of aryl methyl sites for hydroxylation is 2. The molecule has 1 aliphatic carbocycles. The molecule has 1 aliphatic rings. The van der Waals surface area contributed by atoms with Crippen LogP contribution in [0.4, 0.5) is 0 Å². The average Bonchev–Trinajstić information content (AvgIpc) is 3.63. The van der Waals surface area contributed by atoms with Crippen LogP contribution in [0.25, 0.3) is 95.0 Å². The predicted molar refractivity (Wildman–Crippen MR) is 229 cm³/mol. The van der Waals surface area contributed by atoms with Gasteiger partial charge >= 0.3 is 0 Å². The molecule has 0 amide bonds. The molecule has 2 heteroatoms. The quantitative estimate of drug-likeness (QED) is 0.158. The first-order valence-electron chi connectivity index (χ1n) is 19.0. The lowest BCUT2D eigenvalue weighted by Gasteiger charge is -2.24. The van der Waals surface area contributed by atoms with Gasteiger partial charge in [0.1, 0.15) is 18.1 Å². The molecule has 0 saturated heterocycles. The molecule has 0 atom stereocenters. The summed E-state index contributed by atoms with van der Waals surface area (Å²) in [6.07, 6.45) is 4.43. The Morgan fingerprint density at radius 1 is 0.345 bits per heavy atom. The monoisotopic (exact) mass is 703 g/mol. The number of nitrogens with zero attached hydrogens (tertiary/aromatic N) is 2. The fourth-order valence-corrected chi connectivity index (χ4v) is 8.60. The normalized spacial score (nSPS) is 11.5. The van der Waals surface area contributed by atoms with Gasteiger partial charge in [0.25, 0.3) is 5.82 Å². The Kier molecular flexibility index (Phi) is 7.96. The van der Waals surface area contributed by atoms with Gasteiger partial charge in [0.05, 0.1) is 12.6 Å². The molecule has 10 rings (SSSR count). The number of rotatable bonds is 5. The van der Waals surface area contributed by atoms with E-state index in [2.05, 4.69) is 224 Å². The molecule has 0 spiro atoms. The van der Waals surface area contributed by atoms with Crippen LogP contribution in [0.1, 0.15) is 5.56 Å². The molecular weight excluding hydrogens is 665 g/mol. The fourth-order valence-electron chi connectivity index (χ4n) is 8.60. The second kappa shape index (κ2) is 13.4. The van der Waals surface area contributed by atoms with Gasteiger partial charge < -0.3 is 0 Å². The lowest BCUT2D eigenvalue weighted by atomic mass is 9.79. The number of benzene rings is 8. The third kappa shape index (κ3) is 5.54. The zero-order chi connectivity index (χ0) is 36.9. The molecule has 0 fully saturated rings. The van der Waals surface area contributed by atoms with Crippen LogP contribution in [-0.4, -0.2) is 4.57 Å². The Balaban J connectivity index is 1.28. The van der Waals surface area contributed by atoms with Crippen LogP contribution < -0.4 is 4.57 Å². The zero-order valence-corrected chi connectivity index (χ0v) is 30.9. The first-order valence-corrected chi connectivity index (χ1v) is 19.0. The highest BCUT2D eigenvalue weighted by Crippen LogP contribution is 2.49. The minimum Gasteiger partial charge on any atom is -0.232 e. The molecule has 9 aromatic rings. The van der Waals surface area contributed by atoms with Crippen LogP contribution in [0, 0.1) is 6.92 Å². The van der Waals surface area contributed by atoms with E-state index in [0.29, 0.717) is 0 Å². The summed E-state index contributed by atoms with van der Waals surface area (Å²) in [7, 11) is 2.17. The van der Waals surface area contributed by atoms with Crippen LogP contribution in [0.2, 0.25) is 0 Å². The zero-order valence-electron chi connectivity index (χ0n) is 30.9. The third-order valence-electron chi connectivity index (χ3n) is 11.2. The number of hydrogen-bond acceptors (Lipinski definition) is 0. The van der Waals surface area contributed by atoms with E-state index in [1.54, 1.807) is 0 Å². The Morgan fingerprint density at radius 2 is 0.727 bits per heavy atom. The Hall–Kier alpha value is -7.03. The van der Waals surface area contributed by atoms with E-state index in [9.17, 15) is 0 Å². The SMILES string of the molecule is Cc1cc2c(cc1-c1n(-c3c(-c4ccccc4)cc(-c4ccccc4)cc3-c3ccccc3)cc[n+]1C)-c1ccccc1-c1ccccc1-c1ccccc1-2. The van der Waals surface area contributed by atoms with Gasteiger partial charge in [0.2, 0.25) is 0 Å². The molecule has 8 aromatic carbocycles. The Labute approximate surface area is 322 Å². The van der Waals surface area contributed by atoms with Gasteiger partial charge in [-0.1, -0.05) is 164 Å². The third-order valence-corrected chi connectivity index (χ3v) is 11.2. The Bertz CT molecular complexity index is 2800. The fraction of sp³-hybridized carbons (Fsp3) is 0.0377. The highest BCUT2D eigenvalue weighted by molar-refractivity contribution is 6.04. The second-order valence-electron chi connectivity index (χ2n) is 14.5. The molecule has 0 saturated carbocycles. The van der Waals surface area contributed by atoms with Crippen molar-refractivity contribution in [3.8, 4) is 95.0 Å². The van der Waals surface area contributed by atoms with E-state index < -0.39 is 0 Å². The standard InChI is InChI=1S/C53H39N2/c1-36-32-50-45-28-16-14-26-43(45)41-24-12-13-25-42(41)44-27-15-17-29-46(44)51(50)35-47(36)53-54(2)30-31-55(53)52-48(38-20-8-4-9-21-38)33-40(37-18-6-3-7-19-37)34-49(52)39-22-10-5-11-23-39/h3-35H,1-2H3/q+1. The van der Waals surface area contributed by atoms with E-state index in [0.717, 1.165) is 11.5 Å². The van der Waals surface area contributed by atoms with Crippen LogP contribution >= 0.6 is 0 Å². The summed E-state index contributed by atoms with van der Waals surface area (Å²) >= 11 is 0. The molecular formula is C53H39N2+. The van der Waals surface area contributed by atoms with Gasteiger partial charge in [0, 0.05) is 11.1 Å². The second-order valence-corrected chi connectivity index (χ2v) is 14.5. The first kappa shape index (κ1) is 32.6. The first-order chi connectivity index (χ1) is 27.1. The van der Waals surface area contributed by atoms with Crippen molar-refractivity contribution in [2.24, 2.45) is 7.05 Å². The van der Waals surface area contributed by atoms with Crippen molar-refractivity contribution in [3.63, 3.8) is 0 Å². The maximum absolute atomic E-state index is 2.45. The van der Waals surface area contributed by atoms with Gasteiger partial charge in [-0.05, 0) is 104 Å². The molecule has 0 unspecified atom stereocenters. The molecule has 0 N–H and O–H groups in total. The predicted octanol–water partition coefficient (Wildman–Crippen LogP) is 13.3. The number of aromatic nitrogens is 2. The maximum Gasteiger partial charge on any atom is 0.294 e. The smallest absolute Gasteiger partial charge is 0.232 e. The van der Waals surface area contributed by atoms with E-state index in [4.69, 9.17) is 0 Å². The van der Waals surface area contributed by atoms with E-state index in [1.807, 2.05) is 0 Å². The summed E-state index contributed by atoms with van der Waals surface area (Å²) in [6, 6.07) is 68.7. The van der Waals surface area contributed by atoms with Crippen LogP contribution in [0.5, 0.6) is 0 Å². The average molecular weight is 704 g/mol. The number of fused-ring (bicyclic) bond motifs is 8. The lowest BCUT2D eigenvalue weighted by Crippen LogP contribution is -2.29. The summed E-state index contributed by atoms with van der Waals surface area (Å²) in [5.41, 5.74) is 20.7. The van der Waals surface area contributed by atoms with Crippen LogP contribution in [-0.2, 0) is 7.05 Å². The van der Waals surface area contributed by atoms with Crippen molar-refractivity contribution in [2.45, 2.75) is 6.92 Å². The van der Waals surface area contributed by atoms with Gasteiger partial charge in [-0.2, -0.15) is 4.57 Å². The van der Waals surface area contributed by atoms with Crippen molar-refractivity contribution in [1.29, 1.82) is 0 Å². The molecule has 0 radical (unpaired) electrons. The van der Waals surface area contributed by atoms with Crippen molar-refractivity contribution in [3.05, 3.63) is 206 Å². The molecule has 1 aromatic heterocycles. The summed E-state index contributed by atoms with van der Waals surface area (Å²) in [6.45, 7) is 2.27. The molecule has 2 nitrogen and oxygen atoms in total. The van der Waals surface area contributed by atoms with E-state index in [-0.39, 0.29) is 0 Å². The number of imidazole rings is 1. The van der Waals surface area contributed by atoms with Crippen molar-refractivity contribution < 1.29 is 4.57 Å². The maximum atomic E-state index is 2.45. The van der Waals surface area contributed by atoms with Crippen molar-refractivity contribution in [1.82, 2.24) is 4.57 Å². The summed E-state index contributed by atoms with van der Waals surface area (Å²) < 4.78 is 4.70. The van der Waals surface area contributed by atoms with E-state index in [1.165, 1.54) is 89.0 Å². The van der Waals surface area contributed by atoms with Crippen molar-refractivity contribution >= 4 is 0 Å². The topological polar surface area (TPSA) is 8.81 Å². The largest absolute Gasteiger partial charge is 0.294 e. The highest BCUT2D eigenvalue weighted by atomic mass is 15.1. The van der Waals surface area contributed by atoms with Gasteiger partial charge in [-0.25, -0.2) is 4.57 Å². The van der Waals surface area contributed by atoms with Crippen LogP contribution in [0.15, 0.2) is 200 Å².